The van der Waals surface area contributed by atoms with Crippen molar-refractivity contribution in [3.63, 3.8) is 0 Å². The Morgan fingerprint density at radius 1 is 1.04 bits per heavy atom. The van der Waals surface area contributed by atoms with E-state index in [0.29, 0.717) is 18.7 Å². The number of hydrogen-bond donors (Lipinski definition) is 0. The van der Waals surface area contributed by atoms with Crippen molar-refractivity contribution in [2.75, 3.05) is 0 Å². The molecular formula is C20H19NO2. The van der Waals surface area contributed by atoms with Crippen molar-refractivity contribution in [3.05, 3.63) is 77.2 Å². The molecule has 0 spiro atoms. The van der Waals surface area contributed by atoms with Gasteiger partial charge in [-0.05, 0) is 32.0 Å². The van der Waals surface area contributed by atoms with Gasteiger partial charge in [0.25, 0.3) is 0 Å². The van der Waals surface area contributed by atoms with Crippen LogP contribution in [0.4, 0.5) is 0 Å². The van der Waals surface area contributed by atoms with E-state index in [4.69, 9.17) is 4.42 Å². The van der Waals surface area contributed by atoms with Crippen LogP contribution in [0.3, 0.4) is 0 Å². The fourth-order valence-electron chi connectivity index (χ4n) is 2.56. The first-order valence-electron chi connectivity index (χ1n) is 7.75. The first kappa shape index (κ1) is 15.2. The molecule has 3 nitrogen and oxygen atoms in total. The zero-order chi connectivity index (χ0) is 16.2. The maximum absolute atomic E-state index is 12.3. The first-order chi connectivity index (χ1) is 11.1. The molecule has 3 rings (SSSR count). The highest BCUT2D eigenvalue weighted by Gasteiger charge is 2.13. The van der Waals surface area contributed by atoms with Crippen molar-refractivity contribution in [1.29, 1.82) is 0 Å². The number of oxazole rings is 1. The summed E-state index contributed by atoms with van der Waals surface area (Å²) in [6.07, 6.45) is 1.03. The monoisotopic (exact) mass is 305 g/mol. The third-order valence-electron chi connectivity index (χ3n) is 3.84. The molecule has 1 aromatic heterocycles. The van der Waals surface area contributed by atoms with Gasteiger partial charge in [0, 0.05) is 24.0 Å². The van der Waals surface area contributed by atoms with Crippen molar-refractivity contribution in [2.24, 2.45) is 0 Å². The third-order valence-corrected chi connectivity index (χ3v) is 3.84. The molecule has 0 aliphatic rings. The normalized spacial score (nSPS) is 10.7. The molecule has 0 atom stereocenters. The molecular weight excluding hydrogens is 286 g/mol. The fraction of sp³-hybridized carbons (Fsp3) is 0.200. The number of hydrogen-bond acceptors (Lipinski definition) is 3. The summed E-state index contributed by atoms with van der Waals surface area (Å²) < 4.78 is 5.74. The number of ketones is 1. The van der Waals surface area contributed by atoms with E-state index in [1.807, 2.05) is 68.4 Å². The molecule has 2 aromatic carbocycles. The van der Waals surface area contributed by atoms with Crippen LogP contribution in [0.15, 0.2) is 59.0 Å². The summed E-state index contributed by atoms with van der Waals surface area (Å²) in [5.41, 5.74) is 3.66. The van der Waals surface area contributed by atoms with Crippen molar-refractivity contribution in [2.45, 2.75) is 26.7 Å². The largest absolute Gasteiger partial charge is 0.441 e. The zero-order valence-corrected chi connectivity index (χ0v) is 13.4. The van der Waals surface area contributed by atoms with Gasteiger partial charge in [-0.25, -0.2) is 4.98 Å². The number of Topliss-reactive ketones (excluding diaryl/α,β-unsaturated/α-hetero) is 1. The standard InChI is InChI=1S/C20H19NO2/c1-14-7-6-10-17(13-14)19(22)12-11-18-15(2)23-20(21-18)16-8-4-3-5-9-16/h3-10,13H,11-12H2,1-2H3. The summed E-state index contributed by atoms with van der Waals surface area (Å²) in [4.78, 5) is 16.8. The molecule has 3 heteroatoms. The van der Waals surface area contributed by atoms with Gasteiger partial charge in [0.15, 0.2) is 5.78 Å². The zero-order valence-electron chi connectivity index (χ0n) is 13.4. The topological polar surface area (TPSA) is 43.1 Å². The average Bonchev–Trinajstić information content (AvgIpc) is 2.94. The lowest BCUT2D eigenvalue weighted by atomic mass is 10.0. The van der Waals surface area contributed by atoms with Crippen LogP contribution in [0, 0.1) is 13.8 Å². The minimum absolute atomic E-state index is 0.136. The van der Waals surface area contributed by atoms with E-state index in [-0.39, 0.29) is 5.78 Å². The van der Waals surface area contributed by atoms with Crippen LogP contribution >= 0.6 is 0 Å². The van der Waals surface area contributed by atoms with E-state index < -0.39 is 0 Å². The number of carbonyl (C=O) groups is 1. The fourth-order valence-corrected chi connectivity index (χ4v) is 2.56. The number of benzene rings is 2. The SMILES string of the molecule is Cc1cccc(C(=O)CCc2nc(-c3ccccc3)oc2C)c1. The Bertz CT molecular complexity index is 819. The quantitative estimate of drug-likeness (QED) is 0.637. The molecule has 0 aliphatic heterocycles. The predicted octanol–water partition coefficient (Wildman–Crippen LogP) is 4.77. The molecule has 23 heavy (non-hydrogen) atoms. The Morgan fingerprint density at radius 3 is 2.57 bits per heavy atom. The molecule has 0 unspecified atom stereocenters. The lowest BCUT2D eigenvalue weighted by Crippen LogP contribution is -2.02. The first-order valence-corrected chi connectivity index (χ1v) is 7.75. The van der Waals surface area contributed by atoms with E-state index in [1.165, 1.54) is 0 Å². The van der Waals surface area contributed by atoms with Gasteiger partial charge in [0.1, 0.15) is 5.76 Å². The highest BCUT2D eigenvalue weighted by Crippen LogP contribution is 2.22. The smallest absolute Gasteiger partial charge is 0.226 e. The molecule has 0 saturated carbocycles. The van der Waals surface area contributed by atoms with Gasteiger partial charge < -0.3 is 4.42 Å². The minimum Gasteiger partial charge on any atom is -0.441 e. The maximum Gasteiger partial charge on any atom is 0.226 e. The number of aromatic nitrogens is 1. The van der Waals surface area contributed by atoms with Gasteiger partial charge in [-0.2, -0.15) is 0 Å². The van der Waals surface area contributed by atoms with Gasteiger partial charge in [0.2, 0.25) is 5.89 Å². The van der Waals surface area contributed by atoms with E-state index in [0.717, 1.165) is 28.1 Å². The Kier molecular flexibility index (Phi) is 4.38. The number of aryl methyl sites for hydroxylation is 3. The van der Waals surface area contributed by atoms with Crippen molar-refractivity contribution in [3.8, 4) is 11.5 Å². The maximum atomic E-state index is 12.3. The highest BCUT2D eigenvalue weighted by molar-refractivity contribution is 5.96. The number of rotatable bonds is 5. The summed E-state index contributed by atoms with van der Waals surface area (Å²) in [6, 6.07) is 17.5. The Labute approximate surface area is 136 Å². The Morgan fingerprint density at radius 2 is 1.83 bits per heavy atom. The van der Waals surface area contributed by atoms with Gasteiger partial charge in [-0.3, -0.25) is 4.79 Å². The minimum atomic E-state index is 0.136. The molecule has 0 saturated heterocycles. The van der Waals surface area contributed by atoms with Crippen LogP contribution in [0.25, 0.3) is 11.5 Å². The summed E-state index contributed by atoms with van der Waals surface area (Å²) in [7, 11) is 0. The molecule has 0 aliphatic carbocycles. The van der Waals surface area contributed by atoms with Gasteiger partial charge in [-0.15, -0.1) is 0 Å². The number of carbonyl (C=O) groups excluding carboxylic acids is 1. The molecule has 3 aromatic rings. The second-order valence-corrected chi connectivity index (χ2v) is 5.68. The molecule has 0 amide bonds. The lowest BCUT2D eigenvalue weighted by molar-refractivity contribution is 0.0982. The summed E-state index contributed by atoms with van der Waals surface area (Å²) in [5, 5.41) is 0. The number of nitrogens with zero attached hydrogens (tertiary/aromatic N) is 1. The predicted molar refractivity (Wildman–Crippen MR) is 90.5 cm³/mol. The molecule has 0 fully saturated rings. The van der Waals surface area contributed by atoms with Crippen molar-refractivity contribution >= 4 is 5.78 Å². The van der Waals surface area contributed by atoms with Gasteiger partial charge in [-0.1, -0.05) is 42.0 Å². The van der Waals surface area contributed by atoms with Gasteiger partial charge >= 0.3 is 0 Å². The van der Waals surface area contributed by atoms with E-state index in [1.54, 1.807) is 0 Å². The second kappa shape index (κ2) is 6.61. The van der Waals surface area contributed by atoms with Crippen molar-refractivity contribution in [1.82, 2.24) is 4.98 Å². The van der Waals surface area contributed by atoms with Crippen LogP contribution < -0.4 is 0 Å². The van der Waals surface area contributed by atoms with Crippen molar-refractivity contribution < 1.29 is 9.21 Å². The molecule has 1 heterocycles. The molecule has 0 bridgehead atoms. The van der Waals surface area contributed by atoms with E-state index in [2.05, 4.69) is 4.98 Å². The van der Waals surface area contributed by atoms with Gasteiger partial charge in [0.05, 0.1) is 5.69 Å². The molecule has 116 valence electrons. The average molecular weight is 305 g/mol. The van der Waals surface area contributed by atoms with E-state index in [9.17, 15) is 4.79 Å². The Balaban J connectivity index is 1.71. The summed E-state index contributed by atoms with van der Waals surface area (Å²) >= 11 is 0. The van der Waals surface area contributed by atoms with Crippen LogP contribution in [-0.4, -0.2) is 10.8 Å². The summed E-state index contributed by atoms with van der Waals surface area (Å²) in [5.74, 6) is 1.53. The Hall–Kier alpha value is -2.68. The van der Waals surface area contributed by atoms with Crippen LogP contribution in [0.5, 0.6) is 0 Å². The lowest BCUT2D eigenvalue weighted by Gasteiger charge is -2.01. The van der Waals surface area contributed by atoms with Crippen LogP contribution in [-0.2, 0) is 6.42 Å². The molecule has 0 radical (unpaired) electrons. The second-order valence-electron chi connectivity index (χ2n) is 5.68. The van der Waals surface area contributed by atoms with Crippen LogP contribution in [0.1, 0.15) is 33.8 Å². The summed E-state index contributed by atoms with van der Waals surface area (Å²) in [6.45, 7) is 3.89. The van der Waals surface area contributed by atoms with Crippen LogP contribution in [0.2, 0.25) is 0 Å². The molecule has 0 N–H and O–H groups in total. The van der Waals surface area contributed by atoms with E-state index >= 15 is 0 Å². The highest BCUT2D eigenvalue weighted by atomic mass is 16.4. The third kappa shape index (κ3) is 3.57.